The van der Waals surface area contributed by atoms with Crippen LogP contribution in [-0.2, 0) is 4.79 Å². The summed E-state index contributed by atoms with van der Waals surface area (Å²) >= 11 is 0. The molecule has 1 saturated carbocycles. The van der Waals surface area contributed by atoms with E-state index in [9.17, 15) is 4.79 Å². The molecule has 1 fully saturated rings. The average molecular weight is 189 g/mol. The molecular weight excluding hydrogens is 174 g/mol. The molecule has 3 atom stereocenters. The number of allylic oxidation sites excluding steroid dienone is 2. The van der Waals surface area contributed by atoms with Gasteiger partial charge in [-0.05, 0) is 19.3 Å². The van der Waals surface area contributed by atoms with E-state index >= 15 is 0 Å². The molecule has 0 aromatic heterocycles. The summed E-state index contributed by atoms with van der Waals surface area (Å²) in [4.78, 5) is 12.2. The van der Waals surface area contributed by atoms with Crippen molar-refractivity contribution in [2.45, 2.75) is 27.2 Å². The highest BCUT2D eigenvalue weighted by atomic mass is 16.1. The Kier molecular flexibility index (Phi) is 1.67. The Hall–Kier alpha value is -1.10. The predicted molar refractivity (Wildman–Crippen MR) is 53.2 cm³/mol. The minimum Gasteiger partial charge on any atom is -0.298 e. The molecule has 0 aliphatic heterocycles. The average Bonchev–Trinajstić information content (AvgIpc) is 2.14. The number of fused-ring (bicyclic) bond motifs is 2. The summed E-state index contributed by atoms with van der Waals surface area (Å²) in [6.07, 6.45) is 4.90. The van der Waals surface area contributed by atoms with Gasteiger partial charge in [0.1, 0.15) is 5.78 Å². The third-order valence-corrected chi connectivity index (χ3v) is 4.05. The quantitative estimate of drug-likeness (QED) is 0.549. The van der Waals surface area contributed by atoms with E-state index < -0.39 is 5.41 Å². The number of nitriles is 1. The van der Waals surface area contributed by atoms with Gasteiger partial charge in [-0.3, -0.25) is 4.79 Å². The standard InChI is InChI=1S/C12H15NO/c1-11(2)8-4-5-12(3,10(11)14)9(6-8)7-13/h4-5,8-9H,6H2,1-3H3/t8-,9+,12+/m1/s1. The number of nitrogens with zero attached hydrogens (tertiary/aromatic N) is 1. The first kappa shape index (κ1) is 9.45. The molecule has 14 heavy (non-hydrogen) atoms. The van der Waals surface area contributed by atoms with E-state index in [1.54, 1.807) is 0 Å². The lowest BCUT2D eigenvalue weighted by atomic mass is 9.50. The zero-order valence-corrected chi connectivity index (χ0v) is 8.87. The molecule has 74 valence electrons. The largest absolute Gasteiger partial charge is 0.298 e. The van der Waals surface area contributed by atoms with Gasteiger partial charge in [-0.2, -0.15) is 5.26 Å². The molecule has 0 saturated heterocycles. The van der Waals surface area contributed by atoms with Crippen molar-refractivity contribution in [1.82, 2.24) is 0 Å². The highest BCUT2D eigenvalue weighted by Crippen LogP contribution is 2.54. The fourth-order valence-corrected chi connectivity index (χ4v) is 2.83. The van der Waals surface area contributed by atoms with Crippen LogP contribution >= 0.6 is 0 Å². The van der Waals surface area contributed by atoms with E-state index in [2.05, 4.69) is 12.1 Å². The number of carbonyl (C=O) groups is 1. The maximum absolute atomic E-state index is 12.2. The Morgan fingerprint density at radius 2 is 2.14 bits per heavy atom. The number of hydrogen-bond acceptors (Lipinski definition) is 2. The van der Waals surface area contributed by atoms with E-state index in [1.807, 2.05) is 26.8 Å². The molecule has 0 radical (unpaired) electrons. The van der Waals surface area contributed by atoms with Gasteiger partial charge in [-0.1, -0.05) is 26.0 Å². The molecule has 3 aliphatic rings. The Labute approximate surface area is 84.6 Å². The molecule has 0 heterocycles. The number of Topliss-reactive ketones (excluding diaryl/α,β-unsaturated/α-hetero) is 1. The third-order valence-electron chi connectivity index (χ3n) is 4.05. The first-order valence-electron chi connectivity index (χ1n) is 5.07. The van der Waals surface area contributed by atoms with E-state index in [4.69, 9.17) is 5.26 Å². The second kappa shape index (κ2) is 2.48. The number of rotatable bonds is 0. The summed E-state index contributed by atoms with van der Waals surface area (Å²) < 4.78 is 0. The fourth-order valence-electron chi connectivity index (χ4n) is 2.83. The zero-order chi connectivity index (χ0) is 10.6. The van der Waals surface area contributed by atoms with Crippen molar-refractivity contribution < 1.29 is 4.79 Å². The molecule has 0 amide bonds. The van der Waals surface area contributed by atoms with E-state index in [1.165, 1.54) is 0 Å². The van der Waals surface area contributed by atoms with Crippen LogP contribution in [0.25, 0.3) is 0 Å². The van der Waals surface area contributed by atoms with Gasteiger partial charge in [-0.25, -0.2) is 0 Å². The third kappa shape index (κ3) is 0.877. The maximum Gasteiger partial charge on any atom is 0.149 e. The number of hydrogen-bond donors (Lipinski definition) is 0. The van der Waals surface area contributed by atoms with Gasteiger partial charge in [0.25, 0.3) is 0 Å². The van der Waals surface area contributed by atoms with Crippen molar-refractivity contribution in [3.8, 4) is 6.07 Å². The summed E-state index contributed by atoms with van der Waals surface area (Å²) in [5.74, 6) is 0.356. The van der Waals surface area contributed by atoms with Gasteiger partial charge in [0.2, 0.25) is 0 Å². The second-order valence-corrected chi connectivity index (χ2v) is 5.22. The van der Waals surface area contributed by atoms with E-state index in [-0.39, 0.29) is 23.0 Å². The van der Waals surface area contributed by atoms with Crippen LogP contribution in [-0.4, -0.2) is 5.78 Å². The summed E-state index contributed by atoms with van der Waals surface area (Å²) in [6, 6.07) is 2.27. The van der Waals surface area contributed by atoms with Gasteiger partial charge in [0.05, 0.1) is 17.4 Å². The molecule has 0 N–H and O–H groups in total. The lowest BCUT2D eigenvalue weighted by Gasteiger charge is -2.50. The Balaban J connectivity index is 2.54. The molecule has 0 spiro atoms. The van der Waals surface area contributed by atoms with E-state index in [0.29, 0.717) is 0 Å². The molecule has 0 aromatic rings. The SMILES string of the molecule is CC1(C)C(=O)[C@@]2(C)C=C[C@@H]1C[C@H]2C#N. The van der Waals surface area contributed by atoms with Crippen LogP contribution in [0.1, 0.15) is 27.2 Å². The molecule has 0 aromatic carbocycles. The summed E-state index contributed by atoms with van der Waals surface area (Å²) in [5, 5.41) is 9.03. The minimum absolute atomic E-state index is 0.127. The minimum atomic E-state index is -0.535. The van der Waals surface area contributed by atoms with Crippen molar-refractivity contribution in [3.63, 3.8) is 0 Å². The lowest BCUT2D eigenvalue weighted by Crippen LogP contribution is -2.54. The Morgan fingerprint density at radius 1 is 1.50 bits per heavy atom. The fraction of sp³-hybridized carbons (Fsp3) is 0.667. The predicted octanol–water partition coefficient (Wildman–Crippen LogP) is 2.32. The second-order valence-electron chi connectivity index (χ2n) is 5.22. The summed E-state index contributed by atoms with van der Waals surface area (Å²) in [6.45, 7) is 5.89. The van der Waals surface area contributed by atoms with Crippen molar-refractivity contribution >= 4 is 5.78 Å². The topological polar surface area (TPSA) is 40.9 Å². The molecule has 0 unspecified atom stereocenters. The van der Waals surface area contributed by atoms with Gasteiger partial charge in [-0.15, -0.1) is 0 Å². The van der Waals surface area contributed by atoms with Crippen LogP contribution < -0.4 is 0 Å². The highest BCUT2D eigenvalue weighted by molar-refractivity contribution is 5.94. The normalized spacial score (nSPS) is 43.7. The zero-order valence-electron chi connectivity index (χ0n) is 8.87. The van der Waals surface area contributed by atoms with Gasteiger partial charge in [0.15, 0.2) is 0 Å². The van der Waals surface area contributed by atoms with E-state index in [0.717, 1.165) is 6.42 Å². The maximum atomic E-state index is 12.2. The smallest absolute Gasteiger partial charge is 0.149 e. The Bertz CT molecular complexity index is 361. The molecule has 2 bridgehead atoms. The van der Waals surface area contributed by atoms with Crippen molar-refractivity contribution in [2.75, 3.05) is 0 Å². The van der Waals surface area contributed by atoms with Crippen molar-refractivity contribution in [2.24, 2.45) is 22.7 Å². The Morgan fingerprint density at radius 3 is 2.71 bits per heavy atom. The monoisotopic (exact) mass is 189 g/mol. The number of ketones is 1. The molecule has 3 rings (SSSR count). The summed E-state index contributed by atoms with van der Waals surface area (Å²) in [7, 11) is 0. The molecule has 2 nitrogen and oxygen atoms in total. The van der Waals surface area contributed by atoms with Gasteiger partial charge in [0, 0.05) is 5.41 Å². The van der Waals surface area contributed by atoms with Crippen LogP contribution in [0.4, 0.5) is 0 Å². The lowest BCUT2D eigenvalue weighted by molar-refractivity contribution is -0.144. The molecular formula is C12H15NO. The van der Waals surface area contributed by atoms with Crippen LogP contribution in [0.5, 0.6) is 0 Å². The highest BCUT2D eigenvalue weighted by Gasteiger charge is 2.56. The van der Waals surface area contributed by atoms with Crippen molar-refractivity contribution in [3.05, 3.63) is 12.2 Å². The molecule has 3 aliphatic carbocycles. The number of carbonyl (C=O) groups excluding carboxylic acids is 1. The van der Waals surface area contributed by atoms with Crippen LogP contribution in [0.3, 0.4) is 0 Å². The van der Waals surface area contributed by atoms with Crippen LogP contribution in [0.15, 0.2) is 12.2 Å². The van der Waals surface area contributed by atoms with Crippen molar-refractivity contribution in [1.29, 1.82) is 5.26 Å². The first-order valence-corrected chi connectivity index (χ1v) is 5.07. The molecule has 2 heteroatoms. The van der Waals surface area contributed by atoms with Gasteiger partial charge < -0.3 is 0 Å². The van der Waals surface area contributed by atoms with Crippen LogP contribution in [0, 0.1) is 34.0 Å². The van der Waals surface area contributed by atoms with Crippen LogP contribution in [0.2, 0.25) is 0 Å². The summed E-state index contributed by atoms with van der Waals surface area (Å²) in [5.41, 5.74) is -0.816. The first-order chi connectivity index (χ1) is 6.43. The van der Waals surface area contributed by atoms with Gasteiger partial charge >= 0.3 is 0 Å².